The number of nitrogens with two attached hydrogens (primary N) is 1. The monoisotopic (exact) mass is 1550 g/mol. The molecular formula is C80H102N13O15PS. The summed E-state index contributed by atoms with van der Waals surface area (Å²) >= 11 is 1.41. The first-order valence-electron chi connectivity index (χ1n) is 38.4. The molecular weight excluding hydrogens is 1450 g/mol. The summed E-state index contributed by atoms with van der Waals surface area (Å²) in [4.78, 5) is 153. The number of likely N-dealkylation sites (tertiary alicyclic amines) is 1. The van der Waals surface area contributed by atoms with Crippen molar-refractivity contribution in [3.63, 3.8) is 0 Å². The molecule has 4 bridgehead atoms. The van der Waals surface area contributed by atoms with Gasteiger partial charge in [0.2, 0.25) is 11.8 Å². The van der Waals surface area contributed by atoms with Crippen LogP contribution in [0.15, 0.2) is 97.2 Å². The number of carbonyl (C=O) groups excluding carboxylic acids is 8. The summed E-state index contributed by atoms with van der Waals surface area (Å²) in [6.45, 7) is 14.4. The molecule has 4 aliphatic carbocycles. The summed E-state index contributed by atoms with van der Waals surface area (Å²) < 4.78 is 28.3. The van der Waals surface area contributed by atoms with Crippen LogP contribution < -0.4 is 31.9 Å². The van der Waals surface area contributed by atoms with E-state index in [9.17, 15) is 62.6 Å². The van der Waals surface area contributed by atoms with Crippen molar-refractivity contribution >= 4 is 99.2 Å². The van der Waals surface area contributed by atoms with Crippen LogP contribution in [0.3, 0.4) is 0 Å². The molecule has 8 amide bonds. The molecule has 3 aromatic carbocycles. The first kappa shape index (κ1) is 80.3. The van der Waals surface area contributed by atoms with Crippen LogP contribution in [0, 0.1) is 35.0 Å². The van der Waals surface area contributed by atoms with Gasteiger partial charge in [-0.1, -0.05) is 81.9 Å². The average molecular weight is 1550 g/mol. The van der Waals surface area contributed by atoms with E-state index in [2.05, 4.69) is 45.0 Å². The van der Waals surface area contributed by atoms with E-state index in [0.29, 0.717) is 136 Å². The largest absolute Gasteiger partial charge is 0.476 e. The maximum Gasteiger partial charge on any atom is 0.410 e. The van der Waals surface area contributed by atoms with Crippen molar-refractivity contribution in [2.45, 2.75) is 181 Å². The number of ether oxygens (including phenoxy) is 2. The van der Waals surface area contributed by atoms with Crippen molar-refractivity contribution in [2.24, 2.45) is 33.8 Å². The highest BCUT2D eigenvalue weighted by atomic mass is 32.1. The van der Waals surface area contributed by atoms with E-state index in [-0.39, 0.29) is 115 Å². The van der Waals surface area contributed by atoms with Gasteiger partial charge in [0.1, 0.15) is 12.4 Å². The molecule has 13 rings (SSSR count). The number of aromatic nitrogens is 4. The number of anilines is 3. The number of primary amides is 1. The first-order valence-corrected chi connectivity index (χ1v) is 41.0. The predicted molar refractivity (Wildman–Crippen MR) is 415 cm³/mol. The number of pyridine rings is 1. The molecule has 7 aliphatic rings. The van der Waals surface area contributed by atoms with E-state index in [1.54, 1.807) is 55.3 Å². The van der Waals surface area contributed by atoms with Gasteiger partial charge in [-0.05, 0) is 185 Å². The molecule has 6 aromatic rings. The normalized spacial score (nSPS) is 21.5. The Morgan fingerprint density at radius 2 is 1.55 bits per heavy atom. The molecule has 588 valence electrons. The fourth-order valence-corrected chi connectivity index (χ4v) is 20.3. The predicted octanol–water partition coefficient (Wildman–Crippen LogP) is 10.8. The SMILES string of the molecule is Cc1c(-c2ccc(N3CCc4cccc(C(=O)Nc5nc6ccccc6s5)c4C3)nc2C(=O)O)cnn1CC12CC3(C)CC(C)(C1)CC(OCCN(CCCP(=O)(O)O)C1CCN(C(=O)OCc4ccc(NC(=O)[C@H](CCCNC(N)=O)CC(=O)[C@@H](NC(=O)CCCCCN5C(=O)C=CC5=O)C(C)C)cc4)CC1)(C3)C2. The number of unbranched alkanes of at least 4 members (excludes halogenated alkanes) is 2. The van der Waals surface area contributed by atoms with E-state index >= 15 is 0 Å². The third kappa shape index (κ3) is 19.7. The van der Waals surface area contributed by atoms with Gasteiger partial charge in [0.15, 0.2) is 16.6 Å². The molecule has 30 heteroatoms. The number of thiazole rings is 1. The van der Waals surface area contributed by atoms with Crippen LogP contribution >= 0.6 is 18.9 Å². The number of carboxylic acids is 1. The standard InChI is InChI=1S/C80H102N13O15PS/c1-51(2)69(87-66(95)19-7-6-10-33-92-67(96)26-27-68(92)97)63(94)40-55(15-12-31-82-74(81)102)71(98)84-56-22-20-53(21-23-56)43-107-76(103)90-35-29-57(30-36-90)89(32-13-39-109(104,105)106)37-38-108-80-47-77(4)44-78(5,48-80)46-79(45-77,49-80)50-93-52(3)60(41-83-93)58-24-25-65(86-70(58)73(100)101)91-34-28-54-14-11-16-59(61(54)42-91)72(99)88-75-85-62-17-8-9-18-64(62)110-75/h8-9,11,14,16-18,20-27,41,51,55,57,69H,6-7,10,12-13,15,19,28-40,42-50H2,1-5H3,(H,84,98)(H,87,95)(H,100,101)(H3,81,82,102)(H,85,88,99)(H2,104,105,106)/t55-,69+,77?,78?,79?,80?/m1/s1. The number of hydrogen-bond acceptors (Lipinski definition) is 18. The second-order valence-electron chi connectivity index (χ2n) is 32.2. The van der Waals surface area contributed by atoms with E-state index in [1.165, 1.54) is 23.5 Å². The van der Waals surface area contributed by atoms with Gasteiger partial charge in [-0.15, -0.1) is 0 Å². The number of fused-ring (bicyclic) bond motifs is 2. The van der Waals surface area contributed by atoms with E-state index < -0.39 is 49.2 Å². The molecule has 4 atom stereocenters. The second-order valence-corrected chi connectivity index (χ2v) is 35.0. The highest BCUT2D eigenvalue weighted by Gasteiger charge is 2.66. The average Bonchev–Trinajstić information content (AvgIpc) is 1.21. The third-order valence-corrected chi connectivity index (χ3v) is 24.7. The number of nitrogens with zero attached hydrogens (tertiary/aromatic N) is 8. The smallest absolute Gasteiger partial charge is 0.410 e. The number of hydrogen-bond donors (Lipinski definition) is 8. The minimum Gasteiger partial charge on any atom is -0.476 e. The van der Waals surface area contributed by atoms with Gasteiger partial charge >= 0.3 is 25.7 Å². The Morgan fingerprint density at radius 3 is 2.25 bits per heavy atom. The number of benzene rings is 3. The molecule has 0 spiro atoms. The van der Waals surface area contributed by atoms with Gasteiger partial charge in [0.05, 0.1) is 40.8 Å². The maximum absolute atomic E-state index is 13.9. The Morgan fingerprint density at radius 1 is 0.809 bits per heavy atom. The number of carbonyl (C=O) groups is 9. The van der Waals surface area contributed by atoms with E-state index in [1.807, 2.05) is 65.0 Å². The van der Waals surface area contributed by atoms with Gasteiger partial charge in [-0.3, -0.25) is 53.1 Å². The van der Waals surface area contributed by atoms with Crippen LogP contribution in [0.2, 0.25) is 0 Å². The number of ketones is 1. The number of piperidine rings is 1. The molecule has 1 saturated heterocycles. The van der Waals surface area contributed by atoms with Crippen molar-refractivity contribution in [1.82, 2.24) is 45.1 Å². The highest BCUT2D eigenvalue weighted by Crippen LogP contribution is 2.72. The number of imide groups is 1. The van der Waals surface area contributed by atoms with Gasteiger partial charge < -0.3 is 55.9 Å². The Hall–Kier alpha value is -9.25. The molecule has 3 aliphatic heterocycles. The van der Waals surface area contributed by atoms with Crippen LogP contribution in [0.4, 0.5) is 26.2 Å². The summed E-state index contributed by atoms with van der Waals surface area (Å²) in [6.07, 6.45) is 13.3. The summed E-state index contributed by atoms with van der Waals surface area (Å²) in [7, 11) is -4.28. The van der Waals surface area contributed by atoms with Gasteiger partial charge in [-0.2, -0.15) is 5.10 Å². The quantitative estimate of drug-likeness (QED) is 0.0104. The fourth-order valence-electron chi connectivity index (χ4n) is 18.8. The minimum absolute atomic E-state index is 0.000598. The Bertz CT molecular complexity index is 4460. The number of rotatable bonds is 35. The number of Topliss-reactive ketones (excluding diaryl/α,β-unsaturated/α-hetero) is 1. The van der Waals surface area contributed by atoms with Crippen LogP contribution in [0.1, 0.15) is 174 Å². The minimum atomic E-state index is -4.28. The number of amides is 8. The van der Waals surface area contributed by atoms with Crippen molar-refractivity contribution in [1.29, 1.82) is 0 Å². The zero-order chi connectivity index (χ0) is 78.3. The zero-order valence-electron chi connectivity index (χ0n) is 63.3. The third-order valence-electron chi connectivity index (χ3n) is 22.8. The fraction of sp³-hybridized carbons (Fsp3) is 0.525. The lowest BCUT2D eigenvalue weighted by atomic mass is 9.39. The van der Waals surface area contributed by atoms with Gasteiger partial charge in [-0.25, -0.2) is 24.4 Å². The molecule has 110 heavy (non-hydrogen) atoms. The van der Waals surface area contributed by atoms with Gasteiger partial charge in [0.25, 0.3) is 17.7 Å². The topological polar surface area (TPSA) is 381 Å². The first-order chi connectivity index (χ1) is 52.4. The van der Waals surface area contributed by atoms with E-state index in [4.69, 9.17) is 25.3 Å². The van der Waals surface area contributed by atoms with Crippen LogP contribution in [-0.4, -0.2) is 179 Å². The van der Waals surface area contributed by atoms with Crippen molar-refractivity contribution in [3.05, 3.63) is 131 Å². The molecule has 28 nitrogen and oxygen atoms in total. The number of para-hydroxylation sites is 1. The van der Waals surface area contributed by atoms with Crippen LogP contribution in [0.5, 0.6) is 0 Å². The molecule has 3 aromatic heterocycles. The van der Waals surface area contributed by atoms with Crippen LogP contribution in [0.25, 0.3) is 21.3 Å². The van der Waals surface area contributed by atoms with Crippen molar-refractivity contribution in [3.8, 4) is 11.1 Å². The lowest BCUT2D eigenvalue weighted by molar-refractivity contribution is -0.249. The van der Waals surface area contributed by atoms with Crippen LogP contribution in [-0.2, 0) is 64.1 Å². The molecule has 2 unspecified atom stereocenters. The lowest BCUT2D eigenvalue weighted by Crippen LogP contribution is -2.64. The summed E-state index contributed by atoms with van der Waals surface area (Å²) in [6, 6.07) is 22.3. The van der Waals surface area contributed by atoms with E-state index in [0.717, 1.165) is 70.5 Å². The highest BCUT2D eigenvalue weighted by molar-refractivity contribution is 7.51. The Labute approximate surface area is 644 Å². The van der Waals surface area contributed by atoms with Gasteiger partial charge in [0, 0.05) is 117 Å². The zero-order valence-corrected chi connectivity index (χ0v) is 65.0. The summed E-state index contributed by atoms with van der Waals surface area (Å²) in [5.41, 5.74) is 10.9. The number of urea groups is 1. The summed E-state index contributed by atoms with van der Waals surface area (Å²) in [5.74, 6) is -3.89. The number of aromatic carboxylic acids is 1. The van der Waals surface area contributed by atoms with Crippen molar-refractivity contribution in [2.75, 3.05) is 74.1 Å². The summed E-state index contributed by atoms with van der Waals surface area (Å²) in [5, 5.41) is 27.6. The molecule has 4 saturated carbocycles. The Balaban J connectivity index is 0.630. The molecule has 5 fully saturated rings. The molecule has 6 heterocycles. The molecule has 0 radical (unpaired) electrons. The number of carboxylic acid groups (broad SMARTS) is 1. The maximum atomic E-state index is 13.9. The number of nitrogens with one attached hydrogen (secondary N) is 4. The second kappa shape index (κ2) is 34.2. The van der Waals surface area contributed by atoms with Crippen molar-refractivity contribution < 1.29 is 72.1 Å². The molecule has 9 N–H and O–H groups in total. The lowest BCUT2D eigenvalue weighted by Gasteiger charge is -2.69. The Kier molecular flexibility index (Phi) is 24.9.